The molecule has 2 aromatic carbocycles. The maximum absolute atomic E-state index is 13.6. The average Bonchev–Trinajstić information content (AvgIpc) is 2.78. The molecular weight excluding hydrogens is 561 g/mol. The van der Waals surface area contributed by atoms with Crippen LogP contribution in [-0.4, -0.2) is 25.6 Å². The van der Waals surface area contributed by atoms with Gasteiger partial charge in [0.25, 0.3) is 0 Å². The highest BCUT2D eigenvalue weighted by Crippen LogP contribution is 2.40. The van der Waals surface area contributed by atoms with Crippen LogP contribution in [0, 0.1) is 5.41 Å². The average molecular weight is 581 g/mol. The molecule has 0 bridgehead atoms. The van der Waals surface area contributed by atoms with E-state index in [9.17, 15) is 53.2 Å². The van der Waals surface area contributed by atoms with E-state index in [2.05, 4.69) is 14.3 Å². The molecule has 0 aromatic heterocycles. The van der Waals surface area contributed by atoms with E-state index in [1.165, 1.54) is 0 Å². The Kier molecular flexibility index (Phi) is 8.85. The molecule has 2 rings (SSSR count). The molecule has 1 atom stereocenters. The van der Waals surface area contributed by atoms with Crippen molar-refractivity contribution < 1.29 is 62.4 Å². The normalized spacial score (nSPS) is 14.9. The van der Waals surface area contributed by atoms with E-state index in [-0.39, 0.29) is 23.8 Å². The predicted octanol–water partition coefficient (Wildman–Crippen LogP) is 7.36. The van der Waals surface area contributed by atoms with E-state index in [0.717, 1.165) is 24.3 Å². The Morgan fingerprint density at radius 1 is 0.895 bits per heavy atom. The number of nitrogens with zero attached hydrogens (tertiary/aromatic N) is 1. The van der Waals surface area contributed by atoms with Gasteiger partial charge in [-0.2, -0.15) is 47.9 Å². The standard InChI is InChI=1S/C22H20F9NO5S/c1-4-19(2,3)18(36-33)13-7-5-12(6-8-13)17(22(29,30)31)32-37-38(34,35)16-10-14(20(23,24)25)9-15(11-16)21(26,27)28/h5-11,18,33H,4H2,1-3H3/b32-17+. The monoisotopic (exact) mass is 581 g/mol. The molecule has 0 aliphatic heterocycles. The van der Waals surface area contributed by atoms with Gasteiger partial charge in [-0.3, -0.25) is 9.54 Å². The Hall–Kier alpha value is -2.85. The van der Waals surface area contributed by atoms with Crippen LogP contribution in [0.4, 0.5) is 39.5 Å². The van der Waals surface area contributed by atoms with Crippen LogP contribution in [0.25, 0.3) is 0 Å². The van der Waals surface area contributed by atoms with Gasteiger partial charge in [-0.25, -0.2) is 4.89 Å². The lowest BCUT2D eigenvalue weighted by Gasteiger charge is -2.31. The number of alkyl halides is 9. The van der Waals surface area contributed by atoms with Gasteiger partial charge in [-0.15, -0.1) is 0 Å². The Morgan fingerprint density at radius 2 is 1.37 bits per heavy atom. The summed E-state index contributed by atoms with van der Waals surface area (Å²) in [5, 5.41) is 11.8. The Bertz CT molecular complexity index is 1230. The minimum Gasteiger partial charge on any atom is -0.264 e. The quantitative estimate of drug-likeness (QED) is 0.152. The maximum Gasteiger partial charge on any atom is 0.437 e. The third kappa shape index (κ3) is 7.38. The van der Waals surface area contributed by atoms with Crippen LogP contribution >= 0.6 is 0 Å². The fraction of sp³-hybridized carbons (Fsp3) is 0.409. The summed E-state index contributed by atoms with van der Waals surface area (Å²) in [5.74, 6) is 0. The highest BCUT2D eigenvalue weighted by molar-refractivity contribution is 7.86. The molecule has 0 radical (unpaired) electrons. The number of rotatable bonds is 8. The maximum atomic E-state index is 13.6. The van der Waals surface area contributed by atoms with Gasteiger partial charge in [0.1, 0.15) is 11.0 Å². The van der Waals surface area contributed by atoms with E-state index in [4.69, 9.17) is 0 Å². The Balaban J connectivity index is 2.54. The molecule has 1 N–H and O–H groups in total. The molecule has 212 valence electrons. The zero-order chi connectivity index (χ0) is 29.3. The van der Waals surface area contributed by atoms with Crippen LogP contribution in [0.3, 0.4) is 0 Å². The second-order valence-electron chi connectivity index (χ2n) is 8.66. The van der Waals surface area contributed by atoms with Crippen molar-refractivity contribution in [3.05, 3.63) is 64.7 Å². The highest BCUT2D eigenvalue weighted by atomic mass is 32.2. The topological polar surface area (TPSA) is 85.2 Å². The van der Waals surface area contributed by atoms with Crippen LogP contribution in [0.1, 0.15) is 55.5 Å². The lowest BCUT2D eigenvalue weighted by molar-refractivity contribution is -0.305. The SMILES string of the molecule is CCC(C)(C)C(OO)c1ccc(/C(=N\OS(=O)(=O)c2cc(C(F)(F)F)cc(C(F)(F)F)c2)C(F)(F)F)cc1. The second-order valence-corrected chi connectivity index (χ2v) is 10.2. The van der Waals surface area contributed by atoms with Crippen molar-refractivity contribution in [1.82, 2.24) is 0 Å². The number of hydrogen-bond donors (Lipinski definition) is 1. The molecule has 38 heavy (non-hydrogen) atoms. The summed E-state index contributed by atoms with van der Waals surface area (Å²) in [6.07, 6.45) is -16.7. The van der Waals surface area contributed by atoms with Gasteiger partial charge in [0.05, 0.1) is 11.1 Å². The van der Waals surface area contributed by atoms with Gasteiger partial charge in [0.15, 0.2) is 5.71 Å². The van der Waals surface area contributed by atoms with E-state index < -0.39 is 67.5 Å². The number of halogens is 9. The molecule has 16 heteroatoms. The zero-order valence-electron chi connectivity index (χ0n) is 19.7. The van der Waals surface area contributed by atoms with Crippen molar-refractivity contribution in [3.63, 3.8) is 0 Å². The molecule has 0 aliphatic rings. The Labute approximate surface area is 210 Å². The lowest BCUT2D eigenvalue weighted by Crippen LogP contribution is -2.26. The molecular formula is C22H20F9NO5S. The second kappa shape index (κ2) is 10.7. The number of oxime groups is 1. The van der Waals surface area contributed by atoms with Crippen molar-refractivity contribution in [3.8, 4) is 0 Å². The predicted molar refractivity (Wildman–Crippen MR) is 114 cm³/mol. The smallest absolute Gasteiger partial charge is 0.264 e. The van der Waals surface area contributed by atoms with Crippen molar-refractivity contribution in [2.75, 3.05) is 0 Å². The molecule has 0 saturated carbocycles. The van der Waals surface area contributed by atoms with Crippen LogP contribution < -0.4 is 0 Å². The van der Waals surface area contributed by atoms with E-state index in [1.54, 1.807) is 20.8 Å². The first-order valence-corrected chi connectivity index (χ1v) is 11.8. The summed E-state index contributed by atoms with van der Waals surface area (Å²) in [7, 11) is -5.68. The molecule has 1 unspecified atom stereocenters. The minimum atomic E-state index is -5.68. The van der Waals surface area contributed by atoms with Gasteiger partial charge >= 0.3 is 28.6 Å². The first-order chi connectivity index (χ1) is 17.1. The fourth-order valence-corrected chi connectivity index (χ4v) is 3.93. The molecule has 0 amide bonds. The van der Waals surface area contributed by atoms with Crippen molar-refractivity contribution in [2.45, 2.75) is 56.7 Å². The summed E-state index contributed by atoms with van der Waals surface area (Å²) < 4.78 is 148. The van der Waals surface area contributed by atoms with Gasteiger partial charge in [-0.05, 0) is 35.6 Å². The first-order valence-electron chi connectivity index (χ1n) is 10.4. The fourth-order valence-electron chi connectivity index (χ4n) is 3.12. The molecule has 0 heterocycles. The van der Waals surface area contributed by atoms with Gasteiger partial charge < -0.3 is 0 Å². The van der Waals surface area contributed by atoms with Crippen LogP contribution in [-0.2, 0) is 31.6 Å². The molecule has 6 nitrogen and oxygen atoms in total. The molecule has 2 aromatic rings. The summed E-state index contributed by atoms with van der Waals surface area (Å²) in [5.41, 5.74) is -7.19. The van der Waals surface area contributed by atoms with Gasteiger partial charge in [0.2, 0.25) is 0 Å². The van der Waals surface area contributed by atoms with E-state index in [0.29, 0.717) is 6.42 Å². The van der Waals surface area contributed by atoms with Crippen LogP contribution in [0.2, 0.25) is 0 Å². The summed E-state index contributed by atoms with van der Waals surface area (Å²) >= 11 is 0. The summed E-state index contributed by atoms with van der Waals surface area (Å²) in [4.78, 5) is 2.73. The van der Waals surface area contributed by atoms with Crippen LogP contribution in [0.5, 0.6) is 0 Å². The minimum absolute atomic E-state index is 0.230. The zero-order valence-corrected chi connectivity index (χ0v) is 20.5. The largest absolute Gasteiger partial charge is 0.437 e. The van der Waals surface area contributed by atoms with Crippen LogP contribution in [0.15, 0.2) is 52.5 Å². The first kappa shape index (κ1) is 31.4. The van der Waals surface area contributed by atoms with E-state index >= 15 is 0 Å². The number of benzene rings is 2. The molecule has 0 saturated heterocycles. The molecule has 0 fully saturated rings. The highest BCUT2D eigenvalue weighted by Gasteiger charge is 2.41. The molecule has 0 aliphatic carbocycles. The van der Waals surface area contributed by atoms with Gasteiger partial charge in [-0.1, -0.05) is 50.2 Å². The summed E-state index contributed by atoms with van der Waals surface area (Å²) in [6.45, 7) is 5.19. The lowest BCUT2D eigenvalue weighted by atomic mass is 9.80. The van der Waals surface area contributed by atoms with Gasteiger partial charge in [0, 0.05) is 5.56 Å². The third-order valence-corrected chi connectivity index (χ3v) is 6.64. The number of hydrogen-bond acceptors (Lipinski definition) is 6. The molecule has 0 spiro atoms. The summed E-state index contributed by atoms with van der Waals surface area (Å²) in [6, 6.07) is 3.08. The third-order valence-electron chi connectivity index (χ3n) is 5.56. The Morgan fingerprint density at radius 3 is 1.74 bits per heavy atom. The van der Waals surface area contributed by atoms with Crippen molar-refractivity contribution >= 4 is 15.8 Å². The van der Waals surface area contributed by atoms with Crippen molar-refractivity contribution in [1.29, 1.82) is 0 Å². The van der Waals surface area contributed by atoms with Crippen molar-refractivity contribution in [2.24, 2.45) is 10.6 Å². The van der Waals surface area contributed by atoms with E-state index in [1.807, 2.05) is 0 Å².